The number of methoxy groups -OCH3 is 1. The summed E-state index contributed by atoms with van der Waals surface area (Å²) in [6.07, 6.45) is 7.60. The summed E-state index contributed by atoms with van der Waals surface area (Å²) in [6.45, 7) is 1.05. The molecule has 7 heteroatoms. The van der Waals surface area contributed by atoms with Crippen LogP contribution in [-0.2, 0) is 11.2 Å². The topological polar surface area (TPSA) is 49.2 Å². The average molecular weight is 371 g/mol. The van der Waals surface area contributed by atoms with Crippen LogP contribution in [0.1, 0.15) is 11.6 Å². The normalized spacial score (nSPS) is 19.4. The highest BCUT2D eigenvalue weighted by Crippen LogP contribution is 2.35. The number of imidazole rings is 1. The van der Waals surface area contributed by atoms with Gasteiger partial charge in [-0.1, -0.05) is 0 Å². The van der Waals surface area contributed by atoms with Crippen LogP contribution in [0.5, 0.6) is 5.75 Å². The SMILES string of the molecule is COc1cc(F)c(-c2nccn2[C@@H]2COC[C@H]2Cc2ccncc2)c(F)c1. The zero-order valence-electron chi connectivity index (χ0n) is 14.8. The first-order chi connectivity index (χ1) is 13.2. The van der Waals surface area contributed by atoms with Crippen molar-refractivity contribution < 1.29 is 18.3 Å². The van der Waals surface area contributed by atoms with E-state index < -0.39 is 11.6 Å². The Bertz CT molecular complexity index is 907. The van der Waals surface area contributed by atoms with Gasteiger partial charge in [0.2, 0.25) is 0 Å². The number of nitrogens with zero attached hydrogens (tertiary/aromatic N) is 3. The van der Waals surface area contributed by atoms with Crippen LogP contribution in [0.15, 0.2) is 49.1 Å². The van der Waals surface area contributed by atoms with E-state index in [0.717, 1.165) is 24.1 Å². The first-order valence-corrected chi connectivity index (χ1v) is 8.70. The summed E-state index contributed by atoms with van der Waals surface area (Å²) in [4.78, 5) is 8.26. The van der Waals surface area contributed by atoms with E-state index in [1.807, 2.05) is 16.7 Å². The fourth-order valence-corrected chi connectivity index (χ4v) is 3.57. The lowest BCUT2D eigenvalue weighted by Crippen LogP contribution is -2.20. The molecule has 1 fully saturated rings. The van der Waals surface area contributed by atoms with E-state index >= 15 is 0 Å². The largest absolute Gasteiger partial charge is 0.497 e. The van der Waals surface area contributed by atoms with Gasteiger partial charge in [-0.25, -0.2) is 13.8 Å². The molecule has 140 valence electrons. The number of halogens is 2. The van der Waals surface area contributed by atoms with E-state index in [1.165, 1.54) is 7.11 Å². The van der Waals surface area contributed by atoms with Crippen molar-refractivity contribution in [3.8, 4) is 17.1 Å². The van der Waals surface area contributed by atoms with Gasteiger partial charge in [-0.05, 0) is 24.1 Å². The predicted molar refractivity (Wildman–Crippen MR) is 95.4 cm³/mol. The summed E-state index contributed by atoms with van der Waals surface area (Å²) in [7, 11) is 1.37. The third kappa shape index (κ3) is 3.42. The predicted octanol–water partition coefficient (Wildman–Crippen LogP) is 3.66. The van der Waals surface area contributed by atoms with E-state index in [1.54, 1.807) is 24.8 Å². The summed E-state index contributed by atoms with van der Waals surface area (Å²) in [5.41, 5.74) is 0.990. The zero-order chi connectivity index (χ0) is 18.8. The summed E-state index contributed by atoms with van der Waals surface area (Å²) in [5, 5.41) is 0. The fraction of sp³-hybridized carbons (Fsp3) is 0.300. The van der Waals surface area contributed by atoms with Gasteiger partial charge >= 0.3 is 0 Å². The van der Waals surface area contributed by atoms with Crippen LogP contribution in [0, 0.1) is 17.6 Å². The van der Waals surface area contributed by atoms with E-state index in [4.69, 9.17) is 9.47 Å². The molecule has 2 atom stereocenters. The van der Waals surface area contributed by atoms with Crippen molar-refractivity contribution >= 4 is 0 Å². The maximum absolute atomic E-state index is 14.6. The zero-order valence-corrected chi connectivity index (χ0v) is 14.8. The van der Waals surface area contributed by atoms with E-state index in [9.17, 15) is 8.78 Å². The summed E-state index contributed by atoms with van der Waals surface area (Å²) in [6, 6.07) is 6.20. The van der Waals surface area contributed by atoms with Crippen LogP contribution >= 0.6 is 0 Å². The monoisotopic (exact) mass is 371 g/mol. The van der Waals surface area contributed by atoms with E-state index in [-0.39, 0.29) is 29.1 Å². The molecule has 1 aliphatic rings. The molecule has 0 amide bonds. The first-order valence-electron chi connectivity index (χ1n) is 8.70. The number of ether oxygens (including phenoxy) is 2. The highest BCUT2D eigenvalue weighted by molar-refractivity contribution is 5.59. The molecule has 1 aliphatic heterocycles. The van der Waals surface area contributed by atoms with Crippen LogP contribution in [-0.4, -0.2) is 34.9 Å². The fourth-order valence-electron chi connectivity index (χ4n) is 3.57. The van der Waals surface area contributed by atoms with Crippen molar-refractivity contribution in [1.82, 2.24) is 14.5 Å². The summed E-state index contributed by atoms with van der Waals surface area (Å²) < 4.78 is 41.5. The van der Waals surface area contributed by atoms with Crippen molar-refractivity contribution in [3.63, 3.8) is 0 Å². The summed E-state index contributed by atoms with van der Waals surface area (Å²) >= 11 is 0. The molecular formula is C20H19F2N3O2. The Morgan fingerprint density at radius 3 is 2.59 bits per heavy atom. The Hall–Kier alpha value is -2.80. The molecule has 1 saturated heterocycles. The second-order valence-electron chi connectivity index (χ2n) is 6.55. The van der Waals surface area contributed by atoms with E-state index in [2.05, 4.69) is 9.97 Å². The van der Waals surface area contributed by atoms with Crippen LogP contribution in [0.25, 0.3) is 11.4 Å². The molecule has 1 aromatic carbocycles. The maximum Gasteiger partial charge on any atom is 0.146 e. The Balaban J connectivity index is 1.68. The molecule has 3 aromatic rings. The molecule has 3 heterocycles. The van der Waals surface area contributed by atoms with Gasteiger partial charge in [-0.15, -0.1) is 0 Å². The van der Waals surface area contributed by atoms with Gasteiger partial charge < -0.3 is 14.0 Å². The minimum atomic E-state index is -0.705. The molecule has 0 radical (unpaired) electrons. The minimum Gasteiger partial charge on any atom is -0.497 e. The molecule has 4 rings (SSSR count). The molecule has 0 bridgehead atoms. The van der Waals surface area contributed by atoms with Crippen molar-refractivity contribution in [2.24, 2.45) is 5.92 Å². The van der Waals surface area contributed by atoms with Gasteiger partial charge in [0.25, 0.3) is 0 Å². The Labute approximate surface area is 155 Å². The van der Waals surface area contributed by atoms with Gasteiger partial charge in [0, 0.05) is 42.8 Å². The smallest absolute Gasteiger partial charge is 0.146 e. The van der Waals surface area contributed by atoms with Crippen molar-refractivity contribution in [2.45, 2.75) is 12.5 Å². The lowest BCUT2D eigenvalue weighted by Gasteiger charge is -2.21. The Morgan fingerprint density at radius 1 is 1.15 bits per heavy atom. The van der Waals surface area contributed by atoms with Gasteiger partial charge in [-0.2, -0.15) is 0 Å². The number of hydrogen-bond donors (Lipinski definition) is 0. The number of hydrogen-bond acceptors (Lipinski definition) is 4. The number of benzene rings is 1. The molecule has 2 aromatic heterocycles. The van der Waals surface area contributed by atoms with Crippen LogP contribution in [0.4, 0.5) is 8.78 Å². The van der Waals surface area contributed by atoms with Crippen LogP contribution in [0.2, 0.25) is 0 Å². The lowest BCUT2D eigenvalue weighted by molar-refractivity contribution is 0.181. The molecule has 0 unspecified atom stereocenters. The third-order valence-corrected chi connectivity index (χ3v) is 4.91. The first kappa shape index (κ1) is 17.6. The van der Waals surface area contributed by atoms with Gasteiger partial charge in [-0.3, -0.25) is 4.98 Å². The standard InChI is InChI=1S/C20H19F2N3O2/c1-26-15-9-16(21)19(17(22)10-15)20-24-6-7-25(20)18-12-27-11-14(18)8-13-2-4-23-5-3-13/h2-7,9-10,14,18H,8,11-12H2,1H3/t14-,18-/m1/s1. The van der Waals surface area contributed by atoms with Crippen molar-refractivity contribution in [3.05, 3.63) is 66.3 Å². The lowest BCUT2D eigenvalue weighted by atomic mass is 9.95. The highest BCUT2D eigenvalue weighted by atomic mass is 19.1. The average Bonchev–Trinajstić information content (AvgIpc) is 3.31. The molecule has 0 saturated carbocycles. The van der Waals surface area contributed by atoms with Crippen LogP contribution in [0.3, 0.4) is 0 Å². The van der Waals surface area contributed by atoms with Crippen LogP contribution < -0.4 is 4.74 Å². The third-order valence-electron chi connectivity index (χ3n) is 4.91. The number of aromatic nitrogens is 3. The molecule has 0 aliphatic carbocycles. The molecule has 0 N–H and O–H groups in total. The second kappa shape index (κ2) is 7.44. The highest BCUT2D eigenvalue weighted by Gasteiger charge is 2.32. The van der Waals surface area contributed by atoms with Gasteiger partial charge in [0.05, 0.1) is 31.9 Å². The molecule has 27 heavy (non-hydrogen) atoms. The second-order valence-corrected chi connectivity index (χ2v) is 6.55. The Kier molecular flexibility index (Phi) is 4.85. The van der Waals surface area contributed by atoms with Gasteiger partial charge in [0.1, 0.15) is 23.2 Å². The molecule has 0 spiro atoms. The van der Waals surface area contributed by atoms with Gasteiger partial charge in [0.15, 0.2) is 0 Å². The van der Waals surface area contributed by atoms with Crippen molar-refractivity contribution in [1.29, 1.82) is 0 Å². The Morgan fingerprint density at radius 2 is 1.89 bits per heavy atom. The number of pyridine rings is 1. The minimum absolute atomic E-state index is 0.0587. The quantitative estimate of drug-likeness (QED) is 0.687. The summed E-state index contributed by atoms with van der Waals surface area (Å²) in [5.74, 6) is -0.855. The maximum atomic E-state index is 14.6. The van der Waals surface area contributed by atoms with Crippen molar-refractivity contribution in [2.75, 3.05) is 20.3 Å². The van der Waals surface area contributed by atoms with E-state index in [0.29, 0.717) is 13.2 Å². The number of rotatable bonds is 5. The molecular weight excluding hydrogens is 352 g/mol. The molecule has 5 nitrogen and oxygen atoms in total.